The van der Waals surface area contributed by atoms with E-state index in [2.05, 4.69) is 46.4 Å². The van der Waals surface area contributed by atoms with E-state index in [9.17, 15) is 0 Å². The van der Waals surface area contributed by atoms with Crippen molar-refractivity contribution in [1.82, 2.24) is 14.9 Å². The summed E-state index contributed by atoms with van der Waals surface area (Å²) in [5.74, 6) is 2.62. The van der Waals surface area contributed by atoms with Gasteiger partial charge in [-0.15, -0.1) is 0 Å². The molecular formula is C12H23N5. The molecule has 1 aromatic heterocycles. The van der Waals surface area contributed by atoms with Crippen molar-refractivity contribution in [2.24, 2.45) is 0 Å². The average Bonchev–Trinajstić information content (AvgIpc) is 2.37. The largest absolute Gasteiger partial charge is 0.373 e. The van der Waals surface area contributed by atoms with Crippen LogP contribution in [0.1, 0.15) is 19.7 Å². The molecule has 0 unspecified atom stereocenters. The van der Waals surface area contributed by atoms with Crippen LogP contribution < -0.4 is 10.6 Å². The van der Waals surface area contributed by atoms with E-state index < -0.39 is 0 Å². The van der Waals surface area contributed by atoms with Gasteiger partial charge in [-0.25, -0.2) is 9.97 Å². The number of hydrogen-bond donors (Lipinski definition) is 2. The number of aromatic nitrogens is 2. The quantitative estimate of drug-likeness (QED) is 0.751. The van der Waals surface area contributed by atoms with Crippen LogP contribution in [0.25, 0.3) is 0 Å². The summed E-state index contributed by atoms with van der Waals surface area (Å²) in [6.07, 6.45) is 0.846. The van der Waals surface area contributed by atoms with E-state index in [1.165, 1.54) is 0 Å². The molecule has 0 aromatic carbocycles. The fourth-order valence-electron chi connectivity index (χ4n) is 1.41. The van der Waals surface area contributed by atoms with Crippen molar-refractivity contribution in [2.45, 2.75) is 20.3 Å². The summed E-state index contributed by atoms with van der Waals surface area (Å²) in [7, 11) is 3.98. The van der Waals surface area contributed by atoms with E-state index in [1.807, 2.05) is 13.1 Å². The Balaban J connectivity index is 2.57. The second-order valence-electron chi connectivity index (χ2n) is 3.98. The average molecular weight is 237 g/mol. The van der Waals surface area contributed by atoms with E-state index in [-0.39, 0.29) is 0 Å². The molecule has 0 fully saturated rings. The Morgan fingerprint density at radius 2 is 1.94 bits per heavy atom. The number of nitrogens with zero attached hydrogens (tertiary/aromatic N) is 3. The molecule has 2 N–H and O–H groups in total. The predicted molar refractivity (Wildman–Crippen MR) is 72.6 cm³/mol. The van der Waals surface area contributed by atoms with Gasteiger partial charge in [-0.2, -0.15) is 0 Å². The van der Waals surface area contributed by atoms with Crippen LogP contribution in [0.5, 0.6) is 0 Å². The van der Waals surface area contributed by atoms with Gasteiger partial charge in [-0.05, 0) is 13.6 Å². The molecule has 0 aliphatic carbocycles. The lowest BCUT2D eigenvalue weighted by molar-refractivity contribution is 0.367. The molecule has 1 rings (SSSR count). The van der Waals surface area contributed by atoms with Crippen molar-refractivity contribution >= 4 is 11.6 Å². The fraction of sp³-hybridized carbons (Fsp3) is 0.667. The summed E-state index contributed by atoms with van der Waals surface area (Å²) in [5.41, 5.74) is 0. The van der Waals surface area contributed by atoms with Gasteiger partial charge < -0.3 is 15.5 Å². The van der Waals surface area contributed by atoms with Gasteiger partial charge in [0.15, 0.2) is 0 Å². The maximum Gasteiger partial charge on any atom is 0.132 e. The van der Waals surface area contributed by atoms with Crippen molar-refractivity contribution in [3.05, 3.63) is 11.9 Å². The molecule has 5 heteroatoms. The maximum absolute atomic E-state index is 4.44. The third-order valence-corrected chi connectivity index (χ3v) is 2.68. The molecule has 0 radical (unpaired) electrons. The molecule has 1 heterocycles. The zero-order valence-corrected chi connectivity index (χ0v) is 11.2. The minimum Gasteiger partial charge on any atom is -0.373 e. The second-order valence-corrected chi connectivity index (χ2v) is 3.98. The number of nitrogens with one attached hydrogen (secondary N) is 2. The summed E-state index contributed by atoms with van der Waals surface area (Å²) in [4.78, 5) is 11.1. The third kappa shape index (κ3) is 4.56. The number of likely N-dealkylation sites (N-methyl/N-ethyl adjacent to an activating group) is 1. The van der Waals surface area contributed by atoms with Gasteiger partial charge in [0.25, 0.3) is 0 Å². The van der Waals surface area contributed by atoms with Crippen LogP contribution >= 0.6 is 0 Å². The van der Waals surface area contributed by atoms with Crippen LogP contribution in [0.15, 0.2) is 6.07 Å². The van der Waals surface area contributed by atoms with E-state index in [4.69, 9.17) is 0 Å². The Morgan fingerprint density at radius 3 is 2.53 bits per heavy atom. The SMILES string of the molecule is CCc1nc(NC)cc(NCCN(C)CC)n1. The summed E-state index contributed by atoms with van der Waals surface area (Å²) < 4.78 is 0. The molecule has 0 atom stereocenters. The number of anilines is 2. The normalized spacial score (nSPS) is 10.6. The lowest BCUT2D eigenvalue weighted by atomic mass is 10.4. The summed E-state index contributed by atoms with van der Waals surface area (Å²) >= 11 is 0. The summed E-state index contributed by atoms with van der Waals surface area (Å²) in [6, 6.07) is 1.94. The van der Waals surface area contributed by atoms with E-state index in [1.54, 1.807) is 0 Å². The first-order valence-corrected chi connectivity index (χ1v) is 6.17. The van der Waals surface area contributed by atoms with Crippen LogP contribution in [-0.4, -0.2) is 48.6 Å². The van der Waals surface area contributed by atoms with Gasteiger partial charge >= 0.3 is 0 Å². The highest BCUT2D eigenvalue weighted by Gasteiger charge is 2.02. The summed E-state index contributed by atoms with van der Waals surface area (Å²) in [5, 5.41) is 6.38. The number of aryl methyl sites for hydroxylation is 1. The molecule has 17 heavy (non-hydrogen) atoms. The minimum atomic E-state index is 0.846. The number of hydrogen-bond acceptors (Lipinski definition) is 5. The molecule has 0 aliphatic rings. The monoisotopic (exact) mass is 237 g/mol. The topological polar surface area (TPSA) is 53.1 Å². The van der Waals surface area contributed by atoms with Gasteiger partial charge in [-0.1, -0.05) is 13.8 Å². The Kier molecular flexibility index (Phi) is 5.69. The Labute approximate surface area is 104 Å². The van der Waals surface area contributed by atoms with Crippen LogP contribution in [0.2, 0.25) is 0 Å². The van der Waals surface area contributed by atoms with E-state index >= 15 is 0 Å². The Hall–Kier alpha value is -1.36. The number of rotatable bonds is 7. The highest BCUT2D eigenvalue weighted by Crippen LogP contribution is 2.10. The molecule has 0 saturated carbocycles. The predicted octanol–water partition coefficient (Wildman–Crippen LogP) is 1.44. The summed E-state index contributed by atoms with van der Waals surface area (Å²) in [6.45, 7) is 7.18. The van der Waals surface area contributed by atoms with Crippen molar-refractivity contribution in [2.75, 3.05) is 44.4 Å². The zero-order chi connectivity index (χ0) is 12.7. The molecule has 0 saturated heterocycles. The van der Waals surface area contributed by atoms with Gasteiger partial charge in [-0.3, -0.25) is 0 Å². The van der Waals surface area contributed by atoms with Gasteiger partial charge in [0.1, 0.15) is 17.5 Å². The van der Waals surface area contributed by atoms with E-state index in [0.717, 1.165) is 43.5 Å². The van der Waals surface area contributed by atoms with Crippen LogP contribution in [0.4, 0.5) is 11.6 Å². The molecule has 5 nitrogen and oxygen atoms in total. The Morgan fingerprint density at radius 1 is 1.24 bits per heavy atom. The van der Waals surface area contributed by atoms with Crippen molar-refractivity contribution in [3.63, 3.8) is 0 Å². The molecule has 0 aliphatic heterocycles. The zero-order valence-electron chi connectivity index (χ0n) is 11.2. The third-order valence-electron chi connectivity index (χ3n) is 2.68. The molecule has 1 aromatic rings. The standard InChI is InChI=1S/C12H23N5/c1-5-10-15-11(13-3)9-12(16-10)14-7-8-17(4)6-2/h9H,5-8H2,1-4H3,(H2,13,14,15,16). The van der Waals surface area contributed by atoms with Crippen molar-refractivity contribution in [1.29, 1.82) is 0 Å². The van der Waals surface area contributed by atoms with Crippen LogP contribution in [-0.2, 0) is 6.42 Å². The molecular weight excluding hydrogens is 214 g/mol. The maximum atomic E-state index is 4.44. The minimum absolute atomic E-state index is 0.846. The Bertz CT molecular complexity index is 317. The van der Waals surface area contributed by atoms with Crippen molar-refractivity contribution in [3.8, 4) is 0 Å². The van der Waals surface area contributed by atoms with Crippen LogP contribution in [0, 0.1) is 0 Å². The van der Waals surface area contributed by atoms with Crippen LogP contribution in [0.3, 0.4) is 0 Å². The van der Waals surface area contributed by atoms with Gasteiger partial charge in [0.05, 0.1) is 0 Å². The van der Waals surface area contributed by atoms with Crippen molar-refractivity contribution < 1.29 is 0 Å². The smallest absolute Gasteiger partial charge is 0.132 e. The molecule has 0 amide bonds. The first-order valence-electron chi connectivity index (χ1n) is 6.17. The van der Waals surface area contributed by atoms with E-state index in [0.29, 0.717) is 0 Å². The molecule has 0 spiro atoms. The first kappa shape index (κ1) is 13.7. The lowest BCUT2D eigenvalue weighted by Crippen LogP contribution is -2.25. The molecule has 0 bridgehead atoms. The first-order chi connectivity index (χ1) is 8.19. The van der Waals surface area contributed by atoms with Gasteiger partial charge in [0, 0.05) is 32.6 Å². The highest BCUT2D eigenvalue weighted by molar-refractivity contribution is 5.47. The molecule has 96 valence electrons. The lowest BCUT2D eigenvalue weighted by Gasteiger charge is -2.14. The van der Waals surface area contributed by atoms with Gasteiger partial charge in [0.2, 0.25) is 0 Å². The highest BCUT2D eigenvalue weighted by atomic mass is 15.1. The fourth-order valence-corrected chi connectivity index (χ4v) is 1.41. The second kappa shape index (κ2) is 7.06.